The highest BCUT2D eigenvalue weighted by atomic mass is 19.1. The molecule has 0 unspecified atom stereocenters. The second-order valence-electron chi connectivity index (χ2n) is 5.09. The van der Waals surface area contributed by atoms with Crippen LogP contribution >= 0.6 is 0 Å². The highest BCUT2D eigenvalue weighted by molar-refractivity contribution is 5.92. The number of nitrogens with zero attached hydrogens (tertiary/aromatic N) is 1. The number of pyridine rings is 1. The molecule has 0 saturated heterocycles. The summed E-state index contributed by atoms with van der Waals surface area (Å²) >= 11 is 0. The van der Waals surface area contributed by atoms with Gasteiger partial charge in [0.2, 0.25) is 0 Å². The van der Waals surface area contributed by atoms with E-state index in [0.29, 0.717) is 11.3 Å². The Bertz CT molecular complexity index is 886. The Morgan fingerprint density at radius 2 is 1.87 bits per heavy atom. The lowest BCUT2D eigenvalue weighted by Gasteiger charge is -2.06. The summed E-state index contributed by atoms with van der Waals surface area (Å²) in [4.78, 5) is 16.4. The zero-order valence-electron chi connectivity index (χ0n) is 12.5. The molecule has 1 aromatic heterocycles. The smallest absolute Gasteiger partial charge is 0.336 e. The van der Waals surface area contributed by atoms with E-state index in [9.17, 15) is 9.18 Å². The first kappa shape index (κ1) is 14.9. The first-order valence-corrected chi connectivity index (χ1v) is 7.14. The molecule has 4 heteroatoms. The number of fused-ring (bicyclic) bond motifs is 1. The molecule has 0 saturated carbocycles. The average Bonchev–Trinajstić information content (AvgIpc) is 2.55. The third kappa shape index (κ3) is 3.61. The normalized spacial score (nSPS) is 11.0. The minimum Gasteiger partial charge on any atom is -0.421 e. The maximum Gasteiger partial charge on any atom is 0.336 e. The van der Waals surface area contributed by atoms with Crippen molar-refractivity contribution >= 4 is 22.9 Å². The molecule has 0 bridgehead atoms. The molecular formula is C19H14FNO2. The number of hydrogen-bond acceptors (Lipinski definition) is 3. The average molecular weight is 307 g/mol. The molecule has 0 aliphatic rings. The van der Waals surface area contributed by atoms with Gasteiger partial charge in [-0.15, -0.1) is 0 Å². The van der Waals surface area contributed by atoms with Gasteiger partial charge in [-0.25, -0.2) is 14.2 Å². The summed E-state index contributed by atoms with van der Waals surface area (Å²) in [6.07, 6.45) is 2.88. The maximum absolute atomic E-state index is 12.8. The van der Waals surface area contributed by atoms with Crippen molar-refractivity contribution in [2.45, 2.75) is 6.92 Å². The van der Waals surface area contributed by atoms with E-state index in [1.54, 1.807) is 24.3 Å². The summed E-state index contributed by atoms with van der Waals surface area (Å²) in [5, 5.41) is 0.906. The third-order valence-electron chi connectivity index (χ3n) is 3.31. The van der Waals surface area contributed by atoms with Gasteiger partial charge in [0.1, 0.15) is 11.3 Å². The highest BCUT2D eigenvalue weighted by Gasteiger charge is 2.07. The van der Waals surface area contributed by atoms with Gasteiger partial charge in [-0.2, -0.15) is 0 Å². The molecule has 2 aromatic carbocycles. The van der Waals surface area contributed by atoms with Gasteiger partial charge in [-0.1, -0.05) is 30.3 Å². The fourth-order valence-electron chi connectivity index (χ4n) is 2.18. The van der Waals surface area contributed by atoms with Crippen LogP contribution in [0.3, 0.4) is 0 Å². The van der Waals surface area contributed by atoms with E-state index in [0.717, 1.165) is 16.6 Å². The van der Waals surface area contributed by atoms with Crippen LogP contribution < -0.4 is 4.74 Å². The third-order valence-corrected chi connectivity index (χ3v) is 3.31. The minimum atomic E-state index is -0.509. The maximum atomic E-state index is 12.8. The lowest BCUT2D eigenvalue weighted by molar-refractivity contribution is -0.128. The van der Waals surface area contributed by atoms with Crippen molar-refractivity contribution in [1.82, 2.24) is 4.98 Å². The lowest BCUT2D eigenvalue weighted by Crippen LogP contribution is -2.04. The number of carbonyl (C=O) groups is 1. The zero-order chi connectivity index (χ0) is 16.2. The number of ether oxygens (including phenoxy) is 1. The van der Waals surface area contributed by atoms with Gasteiger partial charge in [0, 0.05) is 17.2 Å². The SMILES string of the molecule is Cc1ccc2cccc(OC(=O)/C=C/c3ccc(F)cc3)c2n1. The van der Waals surface area contributed by atoms with Crippen LogP contribution in [0.15, 0.2) is 60.7 Å². The fraction of sp³-hybridized carbons (Fsp3) is 0.0526. The Balaban J connectivity index is 1.80. The molecule has 0 radical (unpaired) electrons. The van der Waals surface area contributed by atoms with Crippen LogP contribution in [0.2, 0.25) is 0 Å². The van der Waals surface area contributed by atoms with Crippen LogP contribution in [-0.4, -0.2) is 11.0 Å². The molecule has 0 atom stereocenters. The van der Waals surface area contributed by atoms with Gasteiger partial charge in [0.05, 0.1) is 0 Å². The molecule has 0 amide bonds. The summed E-state index contributed by atoms with van der Waals surface area (Å²) in [6, 6.07) is 15.1. The van der Waals surface area contributed by atoms with E-state index < -0.39 is 5.97 Å². The molecule has 0 aliphatic carbocycles. The molecule has 3 rings (SSSR count). The lowest BCUT2D eigenvalue weighted by atomic mass is 10.2. The highest BCUT2D eigenvalue weighted by Crippen LogP contribution is 2.24. The van der Waals surface area contributed by atoms with Gasteiger partial charge >= 0.3 is 5.97 Å². The first-order valence-electron chi connectivity index (χ1n) is 7.14. The van der Waals surface area contributed by atoms with E-state index in [4.69, 9.17) is 4.74 Å². The fourth-order valence-corrected chi connectivity index (χ4v) is 2.18. The predicted octanol–water partition coefficient (Wildman–Crippen LogP) is 4.30. The van der Waals surface area contributed by atoms with Crippen LogP contribution in [-0.2, 0) is 4.79 Å². The molecule has 0 aliphatic heterocycles. The molecule has 0 fully saturated rings. The number of benzene rings is 2. The Kier molecular flexibility index (Phi) is 4.15. The molecular weight excluding hydrogens is 293 g/mol. The van der Waals surface area contributed by atoms with E-state index in [-0.39, 0.29) is 5.82 Å². The predicted molar refractivity (Wildman–Crippen MR) is 87.5 cm³/mol. The van der Waals surface area contributed by atoms with E-state index in [1.807, 2.05) is 31.2 Å². The number of carbonyl (C=O) groups excluding carboxylic acids is 1. The van der Waals surface area contributed by atoms with Gasteiger partial charge < -0.3 is 4.74 Å². The van der Waals surface area contributed by atoms with Crippen LogP contribution in [0.4, 0.5) is 4.39 Å². The summed E-state index contributed by atoms with van der Waals surface area (Å²) in [7, 11) is 0. The van der Waals surface area contributed by atoms with Crippen molar-refractivity contribution in [2.24, 2.45) is 0 Å². The Morgan fingerprint density at radius 3 is 2.65 bits per heavy atom. The quantitative estimate of drug-likeness (QED) is 0.411. The monoisotopic (exact) mass is 307 g/mol. The molecule has 0 spiro atoms. The molecule has 23 heavy (non-hydrogen) atoms. The Morgan fingerprint density at radius 1 is 1.09 bits per heavy atom. The summed E-state index contributed by atoms with van der Waals surface area (Å²) in [5.74, 6) is -0.410. The van der Waals surface area contributed by atoms with Crippen LogP contribution in [0.1, 0.15) is 11.3 Å². The number of esters is 1. The van der Waals surface area contributed by atoms with Crippen molar-refractivity contribution in [2.75, 3.05) is 0 Å². The minimum absolute atomic E-state index is 0.318. The van der Waals surface area contributed by atoms with E-state index in [2.05, 4.69) is 4.98 Å². The largest absolute Gasteiger partial charge is 0.421 e. The van der Waals surface area contributed by atoms with E-state index >= 15 is 0 Å². The van der Waals surface area contributed by atoms with Crippen molar-refractivity contribution in [3.63, 3.8) is 0 Å². The second kappa shape index (κ2) is 6.40. The van der Waals surface area contributed by atoms with Crippen molar-refractivity contribution in [3.05, 3.63) is 77.7 Å². The van der Waals surface area contributed by atoms with Gasteiger partial charge in [0.15, 0.2) is 5.75 Å². The van der Waals surface area contributed by atoms with Crippen molar-refractivity contribution in [1.29, 1.82) is 0 Å². The topological polar surface area (TPSA) is 39.2 Å². The van der Waals surface area contributed by atoms with Crippen molar-refractivity contribution < 1.29 is 13.9 Å². The molecule has 3 aromatic rings. The standard InChI is InChI=1S/C19H14FNO2/c1-13-5-9-15-3-2-4-17(19(15)21-13)23-18(22)12-8-14-6-10-16(20)11-7-14/h2-12H,1H3/b12-8+. The van der Waals surface area contributed by atoms with Gasteiger partial charge in [0.25, 0.3) is 0 Å². The second-order valence-corrected chi connectivity index (χ2v) is 5.09. The summed E-state index contributed by atoms with van der Waals surface area (Å²) in [6.45, 7) is 1.88. The number of hydrogen-bond donors (Lipinski definition) is 0. The molecule has 0 N–H and O–H groups in total. The Labute approximate surface area is 133 Å². The van der Waals surface area contributed by atoms with Crippen molar-refractivity contribution in [3.8, 4) is 5.75 Å². The number of aryl methyl sites for hydroxylation is 1. The van der Waals surface area contributed by atoms with E-state index in [1.165, 1.54) is 18.2 Å². The summed E-state index contributed by atoms with van der Waals surface area (Å²) in [5.41, 5.74) is 2.22. The van der Waals surface area contributed by atoms with Crippen LogP contribution in [0.5, 0.6) is 5.75 Å². The molecule has 1 heterocycles. The van der Waals surface area contributed by atoms with Crippen LogP contribution in [0, 0.1) is 12.7 Å². The number of rotatable bonds is 3. The van der Waals surface area contributed by atoms with Gasteiger partial charge in [-0.05, 0) is 42.8 Å². The number of halogens is 1. The zero-order valence-corrected chi connectivity index (χ0v) is 12.5. The van der Waals surface area contributed by atoms with Crippen LogP contribution in [0.25, 0.3) is 17.0 Å². The molecule has 3 nitrogen and oxygen atoms in total. The number of para-hydroxylation sites is 1. The summed E-state index contributed by atoms with van der Waals surface area (Å²) < 4.78 is 18.2. The van der Waals surface area contributed by atoms with Gasteiger partial charge in [-0.3, -0.25) is 0 Å². The first-order chi connectivity index (χ1) is 11.1. The Hall–Kier alpha value is -3.01. The molecule has 114 valence electrons. The number of aromatic nitrogens is 1.